The molecule has 35 heavy (non-hydrogen) atoms. The fraction of sp³-hybridized carbons (Fsp3) is 0.120. The van der Waals surface area contributed by atoms with Crippen molar-refractivity contribution in [3.63, 3.8) is 0 Å². The molecule has 1 amide bonds. The van der Waals surface area contributed by atoms with Crippen LogP contribution in [0.5, 0.6) is 11.5 Å². The number of aromatic nitrogens is 2. The molecule has 0 fully saturated rings. The van der Waals surface area contributed by atoms with E-state index in [0.717, 1.165) is 11.3 Å². The monoisotopic (exact) mass is 488 g/mol. The smallest absolute Gasteiger partial charge is 0.270 e. The minimum atomic E-state index is -0.433. The van der Waals surface area contributed by atoms with Gasteiger partial charge in [0.15, 0.2) is 16.7 Å². The number of hydrogen-bond donors (Lipinski definition) is 1. The Labute approximate surface area is 204 Å². The highest BCUT2D eigenvalue weighted by molar-refractivity contribution is 7.99. The predicted octanol–water partition coefficient (Wildman–Crippen LogP) is 4.58. The highest BCUT2D eigenvalue weighted by Crippen LogP contribution is 2.32. The molecule has 176 valence electrons. The van der Waals surface area contributed by atoms with Crippen molar-refractivity contribution in [3.8, 4) is 28.4 Å². The van der Waals surface area contributed by atoms with Crippen molar-refractivity contribution >= 4 is 23.4 Å². The number of carbonyl (C=O) groups is 1. The molecule has 4 aromatic rings. The SMILES string of the molecule is O=C(CSc1nc(-c2cccc([N+](=O)[O-])c2)cn1-c1ccccc1)NCc1ccc2c(c1)OCO2. The number of rotatable bonds is 8. The molecule has 0 radical (unpaired) electrons. The maximum absolute atomic E-state index is 12.6. The minimum Gasteiger partial charge on any atom is -0.454 e. The van der Waals surface area contributed by atoms with Crippen molar-refractivity contribution in [1.29, 1.82) is 0 Å². The van der Waals surface area contributed by atoms with Crippen LogP contribution in [0.1, 0.15) is 5.56 Å². The number of benzene rings is 3. The molecule has 10 heteroatoms. The van der Waals surface area contributed by atoms with Gasteiger partial charge in [-0.1, -0.05) is 48.2 Å². The normalized spacial score (nSPS) is 11.9. The summed E-state index contributed by atoms with van der Waals surface area (Å²) in [4.78, 5) is 28.0. The lowest BCUT2D eigenvalue weighted by molar-refractivity contribution is -0.384. The largest absolute Gasteiger partial charge is 0.454 e. The van der Waals surface area contributed by atoms with Crippen LogP contribution in [0.3, 0.4) is 0 Å². The van der Waals surface area contributed by atoms with Crippen molar-refractivity contribution in [2.75, 3.05) is 12.5 Å². The molecule has 0 spiro atoms. The molecule has 0 saturated heterocycles. The molecule has 9 nitrogen and oxygen atoms in total. The van der Waals surface area contributed by atoms with Crippen molar-refractivity contribution in [1.82, 2.24) is 14.9 Å². The summed E-state index contributed by atoms with van der Waals surface area (Å²) in [6.45, 7) is 0.566. The third-order valence-electron chi connectivity index (χ3n) is 5.32. The van der Waals surface area contributed by atoms with E-state index in [4.69, 9.17) is 9.47 Å². The standard InChI is InChI=1S/C25H20N4O5S/c30-24(26-13-17-9-10-22-23(11-17)34-16-33-22)15-35-25-27-21(14-28(25)19-6-2-1-3-7-19)18-5-4-8-20(12-18)29(31)32/h1-12,14H,13,15-16H2,(H,26,30). The van der Waals surface area contributed by atoms with Crippen molar-refractivity contribution < 1.29 is 19.2 Å². The lowest BCUT2D eigenvalue weighted by Gasteiger charge is -2.08. The van der Waals surface area contributed by atoms with Crippen molar-refractivity contribution in [3.05, 3.63) is 94.7 Å². The summed E-state index contributed by atoms with van der Waals surface area (Å²) in [5, 5.41) is 14.7. The second-order valence-corrected chi connectivity index (χ2v) is 8.62. The number of fused-ring (bicyclic) bond motifs is 1. The summed E-state index contributed by atoms with van der Waals surface area (Å²) >= 11 is 1.29. The zero-order valence-corrected chi connectivity index (χ0v) is 19.2. The number of nitro groups is 1. The zero-order chi connectivity index (χ0) is 24.2. The van der Waals surface area contributed by atoms with Gasteiger partial charge >= 0.3 is 0 Å². The van der Waals surface area contributed by atoms with Crippen LogP contribution in [0.2, 0.25) is 0 Å². The molecule has 0 atom stereocenters. The first-order chi connectivity index (χ1) is 17.1. The van der Waals surface area contributed by atoms with Crippen LogP contribution >= 0.6 is 11.8 Å². The average Bonchev–Trinajstić information content (AvgIpc) is 3.53. The molecule has 1 aliphatic rings. The van der Waals surface area contributed by atoms with E-state index in [1.54, 1.807) is 12.1 Å². The van der Waals surface area contributed by atoms with Gasteiger partial charge < -0.3 is 14.8 Å². The molecule has 5 rings (SSSR count). The molecule has 1 N–H and O–H groups in total. The molecule has 3 aromatic carbocycles. The van der Waals surface area contributed by atoms with E-state index < -0.39 is 4.92 Å². The van der Waals surface area contributed by atoms with Gasteiger partial charge in [0, 0.05) is 36.1 Å². The number of nitrogens with zero attached hydrogens (tertiary/aromatic N) is 3. The number of nitro benzene ring substituents is 1. The Bertz CT molecular complexity index is 1390. The van der Waals surface area contributed by atoms with Crippen LogP contribution in [0, 0.1) is 10.1 Å². The maximum Gasteiger partial charge on any atom is 0.270 e. The number of para-hydroxylation sites is 1. The third-order valence-corrected chi connectivity index (χ3v) is 6.27. The Morgan fingerprint density at radius 3 is 2.71 bits per heavy atom. The van der Waals surface area contributed by atoms with Crippen LogP contribution < -0.4 is 14.8 Å². The van der Waals surface area contributed by atoms with Gasteiger partial charge in [-0.3, -0.25) is 19.5 Å². The van der Waals surface area contributed by atoms with Crippen LogP contribution in [-0.4, -0.2) is 32.9 Å². The zero-order valence-electron chi connectivity index (χ0n) is 18.4. The topological polar surface area (TPSA) is 109 Å². The number of ether oxygens (including phenoxy) is 2. The molecule has 2 heterocycles. The molecule has 0 bridgehead atoms. The molecule has 0 unspecified atom stereocenters. The lowest BCUT2D eigenvalue weighted by Crippen LogP contribution is -2.24. The van der Waals surface area contributed by atoms with Crippen LogP contribution in [-0.2, 0) is 11.3 Å². The van der Waals surface area contributed by atoms with Gasteiger partial charge in [-0.25, -0.2) is 4.98 Å². The van der Waals surface area contributed by atoms with Gasteiger partial charge in [0.1, 0.15) is 0 Å². The molecule has 1 aromatic heterocycles. The van der Waals surface area contributed by atoms with Crippen molar-refractivity contribution in [2.45, 2.75) is 11.7 Å². The first-order valence-corrected chi connectivity index (χ1v) is 11.7. The summed E-state index contributed by atoms with van der Waals surface area (Å²) in [7, 11) is 0. The van der Waals surface area contributed by atoms with E-state index in [-0.39, 0.29) is 24.1 Å². The third kappa shape index (κ3) is 5.12. The molecular weight excluding hydrogens is 468 g/mol. The van der Waals surface area contributed by atoms with Gasteiger partial charge in [0.2, 0.25) is 12.7 Å². The van der Waals surface area contributed by atoms with Gasteiger partial charge in [0.05, 0.1) is 16.4 Å². The van der Waals surface area contributed by atoms with Gasteiger partial charge in [-0.05, 0) is 29.8 Å². The molecule has 0 aliphatic carbocycles. The predicted molar refractivity (Wildman–Crippen MR) is 131 cm³/mol. The second-order valence-electron chi connectivity index (χ2n) is 7.67. The fourth-order valence-corrected chi connectivity index (χ4v) is 4.41. The summed E-state index contributed by atoms with van der Waals surface area (Å²) in [5.74, 6) is 1.38. The van der Waals surface area contributed by atoms with Crippen molar-refractivity contribution in [2.24, 2.45) is 0 Å². The van der Waals surface area contributed by atoms with E-state index in [1.165, 1.54) is 23.9 Å². The summed E-state index contributed by atoms with van der Waals surface area (Å²) in [5.41, 5.74) is 2.99. The Hall–Kier alpha value is -4.31. The van der Waals surface area contributed by atoms with E-state index >= 15 is 0 Å². The summed E-state index contributed by atoms with van der Waals surface area (Å²) in [6.07, 6.45) is 1.82. The lowest BCUT2D eigenvalue weighted by atomic mass is 10.1. The average molecular weight is 489 g/mol. The Kier molecular flexibility index (Phi) is 6.36. The number of amides is 1. The van der Waals surface area contributed by atoms with Gasteiger partial charge in [-0.15, -0.1) is 0 Å². The molecule has 0 saturated carbocycles. The Balaban J connectivity index is 1.31. The van der Waals surface area contributed by atoms with Crippen LogP contribution in [0.15, 0.2) is 84.1 Å². The number of thioether (sulfide) groups is 1. The molecular formula is C25H20N4O5S. The molecule has 1 aliphatic heterocycles. The van der Waals surface area contributed by atoms with Gasteiger partial charge in [0.25, 0.3) is 5.69 Å². The quantitative estimate of drug-likeness (QED) is 0.220. The first kappa shape index (κ1) is 22.5. The van der Waals surface area contributed by atoms with E-state index in [0.29, 0.717) is 34.5 Å². The number of nitrogens with one attached hydrogen (secondary N) is 1. The first-order valence-electron chi connectivity index (χ1n) is 10.7. The Morgan fingerprint density at radius 1 is 1.06 bits per heavy atom. The van der Waals surface area contributed by atoms with Gasteiger partial charge in [-0.2, -0.15) is 0 Å². The number of carbonyl (C=O) groups excluding carboxylic acids is 1. The Morgan fingerprint density at radius 2 is 1.89 bits per heavy atom. The number of non-ortho nitro benzene ring substituents is 1. The fourth-order valence-electron chi connectivity index (χ4n) is 3.59. The summed E-state index contributed by atoms with van der Waals surface area (Å²) < 4.78 is 12.6. The highest BCUT2D eigenvalue weighted by Gasteiger charge is 2.16. The number of imidazole rings is 1. The van der Waals surface area contributed by atoms with Crippen LogP contribution in [0.4, 0.5) is 5.69 Å². The van der Waals surface area contributed by atoms with E-state index in [1.807, 2.05) is 59.3 Å². The second kappa shape index (κ2) is 9.90. The van der Waals surface area contributed by atoms with Crippen LogP contribution in [0.25, 0.3) is 16.9 Å². The van der Waals surface area contributed by atoms with E-state index in [2.05, 4.69) is 10.3 Å². The number of hydrogen-bond acceptors (Lipinski definition) is 7. The van der Waals surface area contributed by atoms with E-state index in [9.17, 15) is 14.9 Å². The maximum atomic E-state index is 12.6. The minimum absolute atomic E-state index is 0.00569. The summed E-state index contributed by atoms with van der Waals surface area (Å²) in [6, 6.07) is 21.5. The highest BCUT2D eigenvalue weighted by atomic mass is 32.2.